The first-order chi connectivity index (χ1) is 5.84. The highest BCUT2D eigenvalue weighted by Gasteiger charge is 1.98. The standard InChI is InChI=1S/C9H10BrNO/c1-2-3-7-12-8-5-4-6-11-9(8)10/h2,4-6H,1,3,7H2. The van der Waals surface area contributed by atoms with Crippen LogP contribution in [-0.4, -0.2) is 11.6 Å². The summed E-state index contributed by atoms with van der Waals surface area (Å²) in [6, 6.07) is 3.72. The summed E-state index contributed by atoms with van der Waals surface area (Å²) < 4.78 is 6.14. The van der Waals surface area contributed by atoms with E-state index in [2.05, 4.69) is 27.5 Å². The molecule has 0 unspecified atom stereocenters. The minimum Gasteiger partial charge on any atom is -0.490 e. The number of hydrogen-bond donors (Lipinski definition) is 0. The predicted octanol–water partition coefficient (Wildman–Crippen LogP) is 2.80. The summed E-state index contributed by atoms with van der Waals surface area (Å²) in [6.45, 7) is 4.25. The third kappa shape index (κ3) is 2.66. The summed E-state index contributed by atoms with van der Waals surface area (Å²) in [7, 11) is 0. The molecule has 2 nitrogen and oxygen atoms in total. The number of pyridine rings is 1. The molecule has 0 bridgehead atoms. The quantitative estimate of drug-likeness (QED) is 0.449. The van der Waals surface area contributed by atoms with Crippen LogP contribution in [0.3, 0.4) is 0 Å². The summed E-state index contributed by atoms with van der Waals surface area (Å²) in [5.74, 6) is 0.777. The average molecular weight is 228 g/mol. The average Bonchev–Trinajstić information content (AvgIpc) is 2.09. The zero-order valence-corrected chi connectivity index (χ0v) is 8.25. The van der Waals surface area contributed by atoms with Crippen molar-refractivity contribution in [2.75, 3.05) is 6.61 Å². The highest BCUT2D eigenvalue weighted by atomic mass is 79.9. The van der Waals surface area contributed by atoms with Gasteiger partial charge in [-0.2, -0.15) is 0 Å². The van der Waals surface area contributed by atoms with Gasteiger partial charge in [0, 0.05) is 6.20 Å². The minimum absolute atomic E-state index is 0.647. The topological polar surface area (TPSA) is 22.1 Å². The van der Waals surface area contributed by atoms with Crippen LogP contribution in [0.15, 0.2) is 35.6 Å². The molecule has 0 fully saturated rings. The van der Waals surface area contributed by atoms with Crippen LogP contribution in [0.2, 0.25) is 0 Å². The van der Waals surface area contributed by atoms with E-state index >= 15 is 0 Å². The van der Waals surface area contributed by atoms with Crippen molar-refractivity contribution in [3.8, 4) is 5.75 Å². The first-order valence-corrected chi connectivity index (χ1v) is 4.48. The van der Waals surface area contributed by atoms with Crippen molar-refractivity contribution in [2.45, 2.75) is 6.42 Å². The van der Waals surface area contributed by atoms with Crippen LogP contribution in [0.25, 0.3) is 0 Å². The van der Waals surface area contributed by atoms with Crippen LogP contribution >= 0.6 is 15.9 Å². The zero-order chi connectivity index (χ0) is 8.81. The van der Waals surface area contributed by atoms with Crippen LogP contribution < -0.4 is 4.74 Å². The van der Waals surface area contributed by atoms with Gasteiger partial charge in [0.2, 0.25) is 0 Å². The molecule has 0 saturated heterocycles. The summed E-state index contributed by atoms with van der Waals surface area (Å²) in [5.41, 5.74) is 0. The Morgan fingerprint density at radius 2 is 2.50 bits per heavy atom. The van der Waals surface area contributed by atoms with Gasteiger partial charge in [-0.05, 0) is 34.5 Å². The Labute approximate surface area is 80.4 Å². The molecule has 0 aliphatic carbocycles. The van der Waals surface area contributed by atoms with Gasteiger partial charge in [0.05, 0.1) is 6.61 Å². The molecule has 0 atom stereocenters. The molecule has 0 aliphatic heterocycles. The Balaban J connectivity index is 2.51. The SMILES string of the molecule is C=CCCOc1cccnc1Br. The van der Waals surface area contributed by atoms with Gasteiger partial charge in [-0.15, -0.1) is 6.58 Å². The van der Waals surface area contributed by atoms with Crippen LogP contribution in [-0.2, 0) is 0 Å². The van der Waals surface area contributed by atoms with Crippen LogP contribution in [0.4, 0.5) is 0 Å². The highest BCUT2D eigenvalue weighted by molar-refractivity contribution is 9.10. The fourth-order valence-electron chi connectivity index (χ4n) is 0.731. The van der Waals surface area contributed by atoms with Crippen LogP contribution in [0, 0.1) is 0 Å². The molecule has 0 N–H and O–H groups in total. The molecule has 12 heavy (non-hydrogen) atoms. The predicted molar refractivity (Wildman–Crippen MR) is 52.2 cm³/mol. The molecule has 0 saturated carbocycles. The maximum atomic E-state index is 5.40. The summed E-state index contributed by atoms with van der Waals surface area (Å²) in [4.78, 5) is 4.02. The summed E-state index contributed by atoms with van der Waals surface area (Å²) in [6.07, 6.45) is 4.38. The van der Waals surface area contributed by atoms with E-state index in [9.17, 15) is 0 Å². The van der Waals surface area contributed by atoms with Crippen molar-refractivity contribution >= 4 is 15.9 Å². The molecule has 1 heterocycles. The van der Waals surface area contributed by atoms with Crippen molar-refractivity contribution in [3.05, 3.63) is 35.6 Å². The lowest BCUT2D eigenvalue weighted by molar-refractivity contribution is 0.321. The van der Waals surface area contributed by atoms with Gasteiger partial charge in [0.15, 0.2) is 5.75 Å². The maximum absolute atomic E-state index is 5.40. The molecule has 3 heteroatoms. The Kier molecular flexibility index (Phi) is 3.80. The van der Waals surface area contributed by atoms with E-state index in [1.54, 1.807) is 6.20 Å². The molecule has 64 valence electrons. The van der Waals surface area contributed by atoms with Crippen molar-refractivity contribution in [1.82, 2.24) is 4.98 Å². The minimum atomic E-state index is 0.647. The van der Waals surface area contributed by atoms with Gasteiger partial charge < -0.3 is 4.74 Å². The Hall–Kier alpha value is -0.830. The second-order valence-electron chi connectivity index (χ2n) is 2.22. The Morgan fingerprint density at radius 3 is 3.17 bits per heavy atom. The summed E-state index contributed by atoms with van der Waals surface area (Å²) in [5, 5.41) is 0. The first kappa shape index (κ1) is 9.26. The van der Waals surface area contributed by atoms with Crippen molar-refractivity contribution in [3.63, 3.8) is 0 Å². The van der Waals surface area contributed by atoms with Crippen molar-refractivity contribution in [2.24, 2.45) is 0 Å². The number of ether oxygens (including phenoxy) is 1. The molecule has 0 aliphatic rings. The number of aromatic nitrogens is 1. The Morgan fingerprint density at radius 1 is 1.67 bits per heavy atom. The van der Waals surface area contributed by atoms with Crippen molar-refractivity contribution < 1.29 is 4.74 Å². The largest absolute Gasteiger partial charge is 0.490 e. The van der Waals surface area contributed by atoms with E-state index in [1.165, 1.54) is 0 Å². The van der Waals surface area contributed by atoms with Gasteiger partial charge in [-0.1, -0.05) is 6.08 Å². The lowest BCUT2D eigenvalue weighted by atomic mass is 10.4. The lowest BCUT2D eigenvalue weighted by Gasteiger charge is -2.04. The molecule has 0 amide bonds. The molecule has 1 rings (SSSR count). The summed E-state index contributed by atoms with van der Waals surface area (Å²) >= 11 is 3.29. The molecule has 0 spiro atoms. The van der Waals surface area contributed by atoms with E-state index in [1.807, 2.05) is 18.2 Å². The van der Waals surface area contributed by atoms with E-state index in [-0.39, 0.29) is 0 Å². The number of hydrogen-bond acceptors (Lipinski definition) is 2. The van der Waals surface area contributed by atoms with Crippen molar-refractivity contribution in [1.29, 1.82) is 0 Å². The first-order valence-electron chi connectivity index (χ1n) is 3.69. The molecular weight excluding hydrogens is 218 g/mol. The highest BCUT2D eigenvalue weighted by Crippen LogP contribution is 2.20. The fourth-order valence-corrected chi connectivity index (χ4v) is 1.10. The maximum Gasteiger partial charge on any atom is 0.152 e. The number of nitrogens with zero attached hydrogens (tertiary/aromatic N) is 1. The molecule has 1 aromatic heterocycles. The lowest BCUT2D eigenvalue weighted by Crippen LogP contribution is -1.96. The monoisotopic (exact) mass is 227 g/mol. The number of halogens is 1. The second kappa shape index (κ2) is 4.93. The van der Waals surface area contributed by atoms with Gasteiger partial charge in [0.1, 0.15) is 4.60 Å². The van der Waals surface area contributed by atoms with E-state index in [4.69, 9.17) is 4.74 Å². The molecule has 1 aromatic rings. The third-order valence-electron chi connectivity index (χ3n) is 1.30. The third-order valence-corrected chi connectivity index (χ3v) is 1.90. The van der Waals surface area contributed by atoms with E-state index in [0.29, 0.717) is 6.61 Å². The van der Waals surface area contributed by atoms with Crippen LogP contribution in [0.5, 0.6) is 5.75 Å². The molecular formula is C9H10BrNO. The Bertz CT molecular complexity index is 262. The zero-order valence-electron chi connectivity index (χ0n) is 6.66. The van der Waals surface area contributed by atoms with Gasteiger partial charge in [0.25, 0.3) is 0 Å². The van der Waals surface area contributed by atoms with Gasteiger partial charge in [-0.25, -0.2) is 4.98 Å². The smallest absolute Gasteiger partial charge is 0.152 e. The molecule has 0 aromatic carbocycles. The fraction of sp³-hybridized carbons (Fsp3) is 0.222. The normalized spacial score (nSPS) is 9.42. The van der Waals surface area contributed by atoms with Gasteiger partial charge >= 0.3 is 0 Å². The van der Waals surface area contributed by atoms with Crippen LogP contribution in [0.1, 0.15) is 6.42 Å². The van der Waals surface area contributed by atoms with Gasteiger partial charge in [-0.3, -0.25) is 0 Å². The van der Waals surface area contributed by atoms with E-state index in [0.717, 1.165) is 16.8 Å². The molecule has 0 radical (unpaired) electrons. The van der Waals surface area contributed by atoms with E-state index < -0.39 is 0 Å². The second-order valence-corrected chi connectivity index (χ2v) is 2.97. The number of rotatable bonds is 4.